The van der Waals surface area contributed by atoms with E-state index in [0.29, 0.717) is 0 Å². The van der Waals surface area contributed by atoms with Gasteiger partial charge in [0.1, 0.15) is 5.82 Å². The molecule has 0 spiro atoms. The first-order chi connectivity index (χ1) is 5.81. The molecule has 58 valence electrons. The van der Waals surface area contributed by atoms with E-state index < -0.39 is 0 Å². The Morgan fingerprint density at radius 2 is 2.17 bits per heavy atom. The van der Waals surface area contributed by atoms with Crippen LogP contribution in [0.15, 0.2) is 0 Å². The average Bonchev–Trinajstić information content (AvgIpc) is 2.48. The summed E-state index contributed by atoms with van der Waals surface area (Å²) in [6.07, 6.45) is 0.0242. The summed E-state index contributed by atoms with van der Waals surface area (Å²) in [6, 6.07) is 1.82. The van der Waals surface area contributed by atoms with E-state index in [-0.39, 0.29) is 22.9 Å². The summed E-state index contributed by atoms with van der Waals surface area (Å²) in [5, 5.41) is 8.07. The summed E-state index contributed by atoms with van der Waals surface area (Å²) >= 11 is 0. The number of aromatic amines is 1. The Kier molecular flexibility index (Phi) is 2.20. The van der Waals surface area contributed by atoms with Crippen LogP contribution in [-0.4, -0.2) is 21.9 Å². The molecule has 0 aliphatic rings. The van der Waals surface area contributed by atoms with E-state index in [1.165, 1.54) is 11.9 Å². The van der Waals surface area contributed by atoms with Gasteiger partial charge in [0.25, 0.3) is 0 Å². The molecule has 0 radical (unpaired) electrons. The summed E-state index contributed by atoms with van der Waals surface area (Å²) in [5.74, 6) is 3.22. The second-order valence-electron chi connectivity index (χ2n) is 1.95. The van der Waals surface area contributed by atoms with Crippen LogP contribution in [-0.2, 0) is 16.0 Å². The van der Waals surface area contributed by atoms with E-state index in [9.17, 15) is 9.59 Å². The quantitative estimate of drug-likeness (QED) is 0.492. The molecule has 0 aliphatic heterocycles. The predicted octanol–water partition coefficient (Wildman–Crippen LogP) is -2.52. The molecule has 1 aromatic rings. The van der Waals surface area contributed by atoms with E-state index in [4.69, 9.17) is 5.26 Å². The number of H-pyrrole nitrogens is 1. The highest BCUT2D eigenvalue weighted by Crippen LogP contribution is 1.78. The van der Waals surface area contributed by atoms with Crippen molar-refractivity contribution in [2.24, 2.45) is 0 Å². The molecule has 0 fully saturated rings. The smallest absolute Gasteiger partial charge is 0.183 e. The van der Waals surface area contributed by atoms with Crippen LogP contribution in [0.2, 0.25) is 0 Å². The molecule has 1 aromatic heterocycles. The zero-order valence-corrected chi connectivity index (χ0v) is 5.92. The van der Waals surface area contributed by atoms with Crippen LogP contribution in [0, 0.1) is 11.3 Å². The summed E-state index contributed by atoms with van der Waals surface area (Å²) in [4.78, 5) is 26.4. The fourth-order valence-corrected chi connectivity index (χ4v) is 0.729. The number of nitrogens with one attached hydrogen (secondary N) is 1. The topological polar surface area (TPSA) is 86.6 Å². The van der Waals surface area contributed by atoms with Crippen molar-refractivity contribution in [2.75, 3.05) is 0 Å². The normalized spacial score (nSPS) is 8.25. The lowest BCUT2D eigenvalue weighted by atomic mass is 10.5. The standard InChI is InChI=1S/C7H3N3O2/c8-2-1-7-9-5(3-11)6(4-12)10-7/h1H2,(H,9,10). The monoisotopic (exact) mass is 161 g/mol. The molecule has 1 heterocycles. The number of hydrogen-bond acceptors (Lipinski definition) is 4. The van der Waals surface area contributed by atoms with Gasteiger partial charge in [-0.15, -0.1) is 0 Å². The molecule has 0 unspecified atom stereocenters. The van der Waals surface area contributed by atoms with Crippen LogP contribution in [0.25, 0.3) is 0 Å². The van der Waals surface area contributed by atoms with Crippen molar-refractivity contribution in [3.05, 3.63) is 16.5 Å². The maximum Gasteiger partial charge on any atom is 0.183 e. The third-order valence-electron chi connectivity index (χ3n) is 1.20. The molecule has 0 bridgehead atoms. The maximum atomic E-state index is 10.1. The molecule has 0 saturated carbocycles. The van der Waals surface area contributed by atoms with Gasteiger partial charge in [-0.1, -0.05) is 0 Å². The van der Waals surface area contributed by atoms with Crippen LogP contribution in [0.5, 0.6) is 0 Å². The highest BCUT2D eigenvalue weighted by atomic mass is 16.1. The fraction of sp³-hybridized carbons (Fsp3) is 0.143. The fourth-order valence-electron chi connectivity index (χ4n) is 0.729. The Hall–Kier alpha value is -2.14. The molecule has 1 N–H and O–H groups in total. The lowest BCUT2D eigenvalue weighted by Crippen LogP contribution is -2.26. The molecular weight excluding hydrogens is 158 g/mol. The zero-order chi connectivity index (χ0) is 8.97. The Labute approximate surface area is 66.7 Å². The molecule has 5 nitrogen and oxygen atoms in total. The SMILES string of the molecule is N#CCc1nc(=C=O)c(=C=O)[nH]1. The van der Waals surface area contributed by atoms with Crippen LogP contribution in [0.4, 0.5) is 0 Å². The Morgan fingerprint density at radius 3 is 2.58 bits per heavy atom. The molecule has 0 aliphatic carbocycles. The third-order valence-corrected chi connectivity index (χ3v) is 1.20. The zero-order valence-electron chi connectivity index (χ0n) is 5.92. The summed E-state index contributed by atoms with van der Waals surface area (Å²) < 4.78 is 0. The number of imidazole rings is 1. The van der Waals surface area contributed by atoms with Crippen molar-refractivity contribution in [3.63, 3.8) is 0 Å². The van der Waals surface area contributed by atoms with Gasteiger partial charge in [0.15, 0.2) is 22.6 Å². The maximum absolute atomic E-state index is 10.1. The summed E-state index contributed by atoms with van der Waals surface area (Å²) in [7, 11) is 0. The van der Waals surface area contributed by atoms with Gasteiger partial charge in [-0.2, -0.15) is 5.26 Å². The molecule has 0 saturated heterocycles. The second kappa shape index (κ2) is 3.31. The van der Waals surface area contributed by atoms with Gasteiger partial charge in [-0.05, 0) is 0 Å². The predicted molar refractivity (Wildman–Crippen MR) is 36.7 cm³/mol. The van der Waals surface area contributed by atoms with Crippen molar-refractivity contribution in [3.8, 4) is 6.07 Å². The van der Waals surface area contributed by atoms with E-state index in [0.717, 1.165) is 0 Å². The number of nitriles is 1. The van der Waals surface area contributed by atoms with Gasteiger partial charge in [-0.25, -0.2) is 14.6 Å². The number of nitrogens with zero attached hydrogens (tertiary/aromatic N) is 2. The minimum absolute atomic E-state index is 0.0242. The van der Waals surface area contributed by atoms with Crippen molar-refractivity contribution >= 4 is 11.9 Å². The van der Waals surface area contributed by atoms with Gasteiger partial charge < -0.3 is 4.98 Å². The summed E-state index contributed by atoms with van der Waals surface area (Å²) in [6.45, 7) is 0. The van der Waals surface area contributed by atoms with E-state index in [1.807, 2.05) is 6.07 Å². The highest BCUT2D eigenvalue weighted by molar-refractivity contribution is 5.51. The van der Waals surface area contributed by atoms with Gasteiger partial charge in [0, 0.05) is 0 Å². The number of hydrogen-bond donors (Lipinski definition) is 1. The van der Waals surface area contributed by atoms with E-state index >= 15 is 0 Å². The van der Waals surface area contributed by atoms with Crippen molar-refractivity contribution in [2.45, 2.75) is 6.42 Å². The first-order valence-electron chi connectivity index (χ1n) is 3.04. The number of rotatable bonds is 1. The molecular formula is C7H3N3O2. The Balaban J connectivity index is 3.48. The molecule has 0 atom stereocenters. The lowest BCUT2D eigenvalue weighted by Gasteiger charge is -1.77. The molecule has 0 amide bonds. The third kappa shape index (κ3) is 1.30. The Bertz CT molecular complexity index is 446. The average molecular weight is 161 g/mol. The van der Waals surface area contributed by atoms with E-state index in [2.05, 4.69) is 9.97 Å². The molecule has 1 rings (SSSR count). The van der Waals surface area contributed by atoms with Gasteiger partial charge in [0.05, 0.1) is 12.5 Å². The number of carbonyl (C=O) groups excluding carboxylic acids is 2. The van der Waals surface area contributed by atoms with Crippen molar-refractivity contribution in [1.29, 1.82) is 5.26 Å². The van der Waals surface area contributed by atoms with Crippen LogP contribution >= 0.6 is 0 Å². The Morgan fingerprint density at radius 1 is 1.42 bits per heavy atom. The molecule has 5 heteroatoms. The molecule has 0 aromatic carbocycles. The largest absolute Gasteiger partial charge is 0.331 e. The highest BCUT2D eigenvalue weighted by Gasteiger charge is 1.97. The minimum atomic E-state index is -0.129. The van der Waals surface area contributed by atoms with Gasteiger partial charge >= 0.3 is 0 Å². The van der Waals surface area contributed by atoms with Gasteiger partial charge in [-0.3, -0.25) is 0 Å². The van der Waals surface area contributed by atoms with E-state index in [1.54, 1.807) is 0 Å². The minimum Gasteiger partial charge on any atom is -0.331 e. The lowest BCUT2D eigenvalue weighted by molar-refractivity contribution is 0.563. The summed E-state index contributed by atoms with van der Waals surface area (Å²) in [5.41, 5.74) is 0. The molecule has 12 heavy (non-hydrogen) atoms. The van der Waals surface area contributed by atoms with Crippen molar-refractivity contribution < 1.29 is 9.59 Å². The van der Waals surface area contributed by atoms with Crippen LogP contribution < -0.4 is 10.7 Å². The van der Waals surface area contributed by atoms with Crippen LogP contribution in [0.3, 0.4) is 0 Å². The number of aromatic nitrogens is 2. The second-order valence-corrected chi connectivity index (χ2v) is 1.95. The first kappa shape index (κ1) is 7.96. The first-order valence-corrected chi connectivity index (χ1v) is 3.04. The van der Waals surface area contributed by atoms with Gasteiger partial charge in [0.2, 0.25) is 0 Å². The van der Waals surface area contributed by atoms with Crippen LogP contribution in [0.1, 0.15) is 5.82 Å². The van der Waals surface area contributed by atoms with Crippen molar-refractivity contribution in [1.82, 2.24) is 9.97 Å².